The molecule has 11 nitrogen and oxygen atoms in total. The van der Waals surface area contributed by atoms with Crippen molar-refractivity contribution in [3.8, 4) is 17.2 Å². The first-order valence-corrected chi connectivity index (χ1v) is 14.0. The Kier molecular flexibility index (Phi) is 8.65. The van der Waals surface area contributed by atoms with E-state index in [1.165, 1.54) is 5.01 Å². The molecule has 1 unspecified atom stereocenters. The van der Waals surface area contributed by atoms with Gasteiger partial charge in [0.15, 0.2) is 11.5 Å². The van der Waals surface area contributed by atoms with Gasteiger partial charge in [-0.15, -0.1) is 0 Å². The zero-order valence-corrected chi connectivity index (χ0v) is 24.2. The Labute approximate surface area is 241 Å². The molecule has 2 aromatic rings. The molecule has 0 saturated carbocycles. The Balaban J connectivity index is 1.39. The predicted octanol–water partition coefficient (Wildman–Crippen LogP) is 3.24. The average Bonchev–Trinajstić information content (AvgIpc) is 3.62. The molecule has 5 rings (SSSR count). The van der Waals surface area contributed by atoms with E-state index in [0.717, 1.165) is 35.7 Å². The third-order valence-electron chi connectivity index (χ3n) is 7.26. The topological polar surface area (TPSA) is 105 Å². The molecule has 0 spiro atoms. The summed E-state index contributed by atoms with van der Waals surface area (Å²) in [5.74, 6) is 1.80. The van der Waals surface area contributed by atoms with Crippen LogP contribution in [0.3, 0.4) is 0 Å². The Morgan fingerprint density at radius 2 is 1.80 bits per heavy atom. The van der Waals surface area contributed by atoms with Gasteiger partial charge in [-0.2, -0.15) is 5.10 Å². The minimum absolute atomic E-state index is 0.104. The van der Waals surface area contributed by atoms with Gasteiger partial charge in [0.2, 0.25) is 6.79 Å². The number of rotatable bonds is 8. The Morgan fingerprint density at radius 3 is 2.51 bits per heavy atom. The zero-order valence-electron chi connectivity index (χ0n) is 24.2. The monoisotopic (exact) mass is 565 g/mol. The molecule has 220 valence electrons. The summed E-state index contributed by atoms with van der Waals surface area (Å²) in [6.45, 7) is 9.84. The Morgan fingerprint density at radius 1 is 1.07 bits per heavy atom. The fourth-order valence-corrected chi connectivity index (χ4v) is 5.05. The van der Waals surface area contributed by atoms with Gasteiger partial charge in [-0.3, -0.25) is 9.69 Å². The summed E-state index contributed by atoms with van der Waals surface area (Å²) in [6.07, 6.45) is 0.514. The maximum atomic E-state index is 14.0. The molecule has 3 aliphatic rings. The molecule has 1 saturated heterocycles. The van der Waals surface area contributed by atoms with Crippen LogP contribution >= 0.6 is 0 Å². The van der Waals surface area contributed by atoms with Gasteiger partial charge in [0, 0.05) is 38.1 Å². The number of methoxy groups -OCH3 is 1. The van der Waals surface area contributed by atoms with E-state index in [-0.39, 0.29) is 31.3 Å². The molecule has 11 heteroatoms. The molecule has 2 aromatic carbocycles. The lowest BCUT2D eigenvalue weighted by Gasteiger charge is -2.32. The van der Waals surface area contributed by atoms with E-state index in [1.807, 2.05) is 63.2 Å². The van der Waals surface area contributed by atoms with Crippen molar-refractivity contribution in [3.63, 3.8) is 0 Å². The summed E-state index contributed by atoms with van der Waals surface area (Å²) < 4.78 is 21.9. The van der Waals surface area contributed by atoms with Crippen molar-refractivity contribution in [1.29, 1.82) is 0 Å². The third-order valence-corrected chi connectivity index (χ3v) is 7.26. The zero-order chi connectivity index (χ0) is 29.0. The number of hydrazone groups is 1. The number of amides is 3. The molecule has 3 heterocycles. The summed E-state index contributed by atoms with van der Waals surface area (Å²) in [4.78, 5) is 31.1. The highest BCUT2D eigenvalue weighted by Crippen LogP contribution is 2.39. The molecule has 1 fully saturated rings. The smallest absolute Gasteiger partial charge is 0.318 e. The number of carbonyl (C=O) groups excluding carboxylic acids is 2. The number of ether oxygens (including phenoxy) is 4. The van der Waals surface area contributed by atoms with Crippen molar-refractivity contribution in [2.24, 2.45) is 5.10 Å². The first kappa shape index (κ1) is 28.7. The SMILES string of the molecule is COc1ccc(C2=NN(C(=O)CN(CCN3CCOCC3)C(=O)NC(C)(C)C)C(c3ccc4c(c3)OCO4)C2)cc1. The summed E-state index contributed by atoms with van der Waals surface area (Å²) in [6, 6.07) is 12.7. The maximum absolute atomic E-state index is 14.0. The van der Waals surface area contributed by atoms with Crippen LogP contribution in [0.5, 0.6) is 17.2 Å². The summed E-state index contributed by atoms with van der Waals surface area (Å²) in [5, 5.41) is 9.34. The van der Waals surface area contributed by atoms with Gasteiger partial charge in [0.25, 0.3) is 5.91 Å². The standard InChI is InChI=1S/C30H39N5O6/c1-30(2,3)31-29(37)34(12-11-33-13-15-39-16-14-33)19-28(36)35-25(22-7-10-26-27(17-22)41-20-40-26)18-24(32-35)21-5-8-23(38-4)9-6-21/h5-10,17,25H,11-16,18-20H2,1-4H3,(H,31,37). The molecule has 3 aliphatic heterocycles. The van der Waals surface area contributed by atoms with E-state index in [0.29, 0.717) is 44.2 Å². The normalized spacial score (nSPS) is 18.7. The first-order valence-electron chi connectivity index (χ1n) is 14.0. The fourth-order valence-electron chi connectivity index (χ4n) is 5.05. The quantitative estimate of drug-likeness (QED) is 0.524. The van der Waals surface area contributed by atoms with E-state index in [9.17, 15) is 9.59 Å². The fraction of sp³-hybridized carbons (Fsp3) is 0.500. The number of nitrogens with one attached hydrogen (secondary N) is 1. The predicted molar refractivity (Wildman–Crippen MR) is 153 cm³/mol. The summed E-state index contributed by atoms with van der Waals surface area (Å²) in [7, 11) is 1.62. The number of nitrogens with zero attached hydrogens (tertiary/aromatic N) is 4. The maximum Gasteiger partial charge on any atom is 0.318 e. The number of benzene rings is 2. The second-order valence-electron chi connectivity index (χ2n) is 11.4. The number of urea groups is 1. The van der Waals surface area contributed by atoms with E-state index in [4.69, 9.17) is 24.0 Å². The lowest BCUT2D eigenvalue weighted by Crippen LogP contribution is -2.53. The molecule has 0 bridgehead atoms. The highest BCUT2D eigenvalue weighted by atomic mass is 16.7. The van der Waals surface area contributed by atoms with Gasteiger partial charge in [-0.1, -0.05) is 6.07 Å². The van der Waals surface area contributed by atoms with Crippen molar-refractivity contribution >= 4 is 17.6 Å². The van der Waals surface area contributed by atoms with Crippen LogP contribution in [0.25, 0.3) is 0 Å². The summed E-state index contributed by atoms with van der Waals surface area (Å²) in [5.41, 5.74) is 2.12. The van der Waals surface area contributed by atoms with Gasteiger partial charge in [0.05, 0.1) is 32.1 Å². The van der Waals surface area contributed by atoms with Crippen LogP contribution in [-0.2, 0) is 9.53 Å². The highest BCUT2D eigenvalue weighted by Gasteiger charge is 2.35. The highest BCUT2D eigenvalue weighted by molar-refractivity contribution is 6.03. The van der Waals surface area contributed by atoms with E-state index in [2.05, 4.69) is 10.2 Å². The van der Waals surface area contributed by atoms with E-state index >= 15 is 0 Å². The molecular formula is C30H39N5O6. The van der Waals surface area contributed by atoms with Gasteiger partial charge in [-0.25, -0.2) is 9.80 Å². The van der Waals surface area contributed by atoms with Gasteiger partial charge >= 0.3 is 6.03 Å². The minimum Gasteiger partial charge on any atom is -0.497 e. The average molecular weight is 566 g/mol. The van der Waals surface area contributed by atoms with Crippen LogP contribution in [0.15, 0.2) is 47.6 Å². The van der Waals surface area contributed by atoms with Crippen molar-refractivity contribution in [2.75, 3.05) is 59.8 Å². The van der Waals surface area contributed by atoms with Crippen LogP contribution in [0, 0.1) is 0 Å². The molecule has 3 amide bonds. The Bertz CT molecular complexity index is 1270. The van der Waals surface area contributed by atoms with Crippen molar-refractivity contribution in [2.45, 2.75) is 38.8 Å². The van der Waals surface area contributed by atoms with Crippen LogP contribution in [0.1, 0.15) is 44.4 Å². The molecule has 1 atom stereocenters. The second-order valence-corrected chi connectivity index (χ2v) is 11.4. The second kappa shape index (κ2) is 12.4. The number of hydrogen-bond acceptors (Lipinski definition) is 8. The van der Waals surface area contributed by atoms with Crippen LogP contribution in [0.4, 0.5) is 4.79 Å². The first-order chi connectivity index (χ1) is 19.7. The lowest BCUT2D eigenvalue weighted by atomic mass is 9.98. The van der Waals surface area contributed by atoms with Gasteiger partial charge in [-0.05, 0) is 68.3 Å². The van der Waals surface area contributed by atoms with Crippen molar-refractivity contribution < 1.29 is 28.5 Å². The minimum atomic E-state index is -0.445. The van der Waals surface area contributed by atoms with Gasteiger partial charge < -0.3 is 29.2 Å². The molecule has 0 aromatic heterocycles. The number of carbonyl (C=O) groups is 2. The van der Waals surface area contributed by atoms with Crippen LogP contribution < -0.4 is 19.5 Å². The van der Waals surface area contributed by atoms with Crippen LogP contribution in [-0.4, -0.2) is 97.8 Å². The molecule has 1 N–H and O–H groups in total. The molecule has 41 heavy (non-hydrogen) atoms. The van der Waals surface area contributed by atoms with Crippen molar-refractivity contribution in [3.05, 3.63) is 53.6 Å². The lowest BCUT2D eigenvalue weighted by molar-refractivity contribution is -0.133. The number of hydrogen-bond donors (Lipinski definition) is 1. The van der Waals surface area contributed by atoms with E-state index in [1.54, 1.807) is 12.0 Å². The van der Waals surface area contributed by atoms with Crippen LogP contribution in [0.2, 0.25) is 0 Å². The Hall–Kier alpha value is -3.83. The molecule has 0 aliphatic carbocycles. The largest absolute Gasteiger partial charge is 0.497 e. The number of morpholine rings is 1. The number of fused-ring (bicyclic) bond motifs is 1. The van der Waals surface area contributed by atoms with E-state index < -0.39 is 5.54 Å². The van der Waals surface area contributed by atoms with Crippen molar-refractivity contribution in [1.82, 2.24) is 20.1 Å². The molecular weight excluding hydrogens is 526 g/mol. The van der Waals surface area contributed by atoms with Gasteiger partial charge in [0.1, 0.15) is 12.3 Å². The summed E-state index contributed by atoms with van der Waals surface area (Å²) >= 11 is 0. The third kappa shape index (κ3) is 7.09. The molecule has 0 radical (unpaired) electrons.